The van der Waals surface area contributed by atoms with Crippen LogP contribution < -0.4 is 9.47 Å². The number of allylic oxidation sites excluding steroid dienone is 1. The van der Waals surface area contributed by atoms with Crippen LogP contribution in [-0.4, -0.2) is 17.8 Å². The van der Waals surface area contributed by atoms with Crippen molar-refractivity contribution in [3.8, 4) is 11.5 Å². The molecule has 2 aromatic carbocycles. The topological polar surface area (TPSA) is 78.7 Å². The van der Waals surface area contributed by atoms with Crippen molar-refractivity contribution in [3.63, 3.8) is 0 Å². The van der Waals surface area contributed by atoms with Gasteiger partial charge in [-0.25, -0.2) is 0 Å². The van der Waals surface area contributed by atoms with Crippen LogP contribution in [0.1, 0.15) is 36.8 Å². The van der Waals surface area contributed by atoms with Gasteiger partial charge in [-0.2, -0.15) is 0 Å². The van der Waals surface area contributed by atoms with Crippen LogP contribution in [0.25, 0.3) is 6.08 Å². The number of ether oxygens (including phenoxy) is 2. The van der Waals surface area contributed by atoms with E-state index in [1.54, 1.807) is 48.8 Å². The number of methoxy groups -OCH3 is 1. The molecule has 6 nitrogen and oxygen atoms in total. The summed E-state index contributed by atoms with van der Waals surface area (Å²) in [6, 6.07) is 12.1. The van der Waals surface area contributed by atoms with Gasteiger partial charge in [-0.1, -0.05) is 18.2 Å². The van der Waals surface area contributed by atoms with Crippen LogP contribution in [0.2, 0.25) is 0 Å². The molecule has 0 saturated carbocycles. The summed E-state index contributed by atoms with van der Waals surface area (Å²) in [5, 5.41) is 11.3. The zero-order valence-corrected chi connectivity index (χ0v) is 18.6. The number of nitro benzene ring substituents is 1. The maximum absolute atomic E-state index is 12.5. The smallest absolute Gasteiger partial charge is 0.310 e. The Morgan fingerprint density at radius 3 is 2.52 bits per heavy atom. The normalized spacial score (nSPS) is 11.0. The third-order valence-electron chi connectivity index (χ3n) is 4.73. The molecule has 0 atom stereocenters. The van der Waals surface area contributed by atoms with E-state index in [1.807, 2.05) is 39.0 Å². The van der Waals surface area contributed by atoms with E-state index in [4.69, 9.17) is 9.47 Å². The standard InChI is InChI=1S/C24H23NO5S/c1-15-5-8-21(25(27)28)24(11-15)30-14-19-13-18(7-10-23(19)29-4)6-9-22(26)20-12-16(2)31-17(20)3/h5-13H,14H2,1-4H3/b9-6+. The lowest BCUT2D eigenvalue weighted by molar-refractivity contribution is -0.386. The summed E-state index contributed by atoms with van der Waals surface area (Å²) in [5.74, 6) is 0.750. The average Bonchev–Trinajstić information content (AvgIpc) is 3.08. The van der Waals surface area contributed by atoms with Gasteiger partial charge in [0.05, 0.1) is 12.0 Å². The highest BCUT2D eigenvalue weighted by Crippen LogP contribution is 2.30. The second-order valence-corrected chi connectivity index (χ2v) is 8.57. The highest BCUT2D eigenvalue weighted by atomic mass is 32.1. The first-order valence-electron chi connectivity index (χ1n) is 9.62. The van der Waals surface area contributed by atoms with E-state index < -0.39 is 4.92 Å². The molecule has 0 N–H and O–H groups in total. The van der Waals surface area contributed by atoms with E-state index in [-0.39, 0.29) is 23.8 Å². The molecule has 0 fully saturated rings. The number of aryl methyl sites for hydroxylation is 3. The number of hydrogen-bond acceptors (Lipinski definition) is 6. The predicted molar refractivity (Wildman–Crippen MR) is 122 cm³/mol. The fourth-order valence-corrected chi connectivity index (χ4v) is 4.12. The molecule has 0 aliphatic rings. The minimum absolute atomic E-state index is 0.0501. The van der Waals surface area contributed by atoms with Crippen LogP contribution in [0.3, 0.4) is 0 Å². The molecule has 31 heavy (non-hydrogen) atoms. The molecule has 0 spiro atoms. The zero-order valence-electron chi connectivity index (χ0n) is 17.8. The van der Waals surface area contributed by atoms with E-state index in [2.05, 4.69) is 0 Å². The van der Waals surface area contributed by atoms with Crippen molar-refractivity contribution in [2.75, 3.05) is 7.11 Å². The average molecular weight is 438 g/mol. The minimum Gasteiger partial charge on any atom is -0.496 e. The molecule has 7 heteroatoms. The first-order chi connectivity index (χ1) is 14.8. The second-order valence-electron chi connectivity index (χ2n) is 7.11. The van der Waals surface area contributed by atoms with Gasteiger partial charge in [-0.3, -0.25) is 14.9 Å². The van der Waals surface area contributed by atoms with Gasteiger partial charge in [0.2, 0.25) is 0 Å². The fourth-order valence-electron chi connectivity index (χ4n) is 3.20. The Kier molecular flexibility index (Phi) is 6.87. The molecule has 0 radical (unpaired) electrons. The van der Waals surface area contributed by atoms with Crippen molar-refractivity contribution in [3.05, 3.63) is 90.7 Å². The molecule has 0 amide bonds. The monoisotopic (exact) mass is 437 g/mol. The largest absolute Gasteiger partial charge is 0.496 e. The van der Waals surface area contributed by atoms with Gasteiger partial charge in [0, 0.05) is 26.9 Å². The molecule has 0 aliphatic carbocycles. The summed E-state index contributed by atoms with van der Waals surface area (Å²) in [6.45, 7) is 5.85. The predicted octanol–water partition coefficient (Wildman–Crippen LogP) is 6.07. The molecular weight excluding hydrogens is 414 g/mol. The van der Waals surface area contributed by atoms with Crippen molar-refractivity contribution in [1.82, 2.24) is 0 Å². The zero-order chi connectivity index (χ0) is 22.5. The molecule has 1 heterocycles. The van der Waals surface area contributed by atoms with E-state index in [0.29, 0.717) is 11.3 Å². The van der Waals surface area contributed by atoms with Gasteiger partial charge in [0.25, 0.3) is 0 Å². The van der Waals surface area contributed by atoms with Crippen LogP contribution in [0.15, 0.2) is 48.5 Å². The van der Waals surface area contributed by atoms with Crippen LogP contribution in [-0.2, 0) is 6.61 Å². The Hall–Kier alpha value is -3.45. The van der Waals surface area contributed by atoms with Gasteiger partial charge in [0.1, 0.15) is 12.4 Å². The quantitative estimate of drug-likeness (QED) is 0.185. The van der Waals surface area contributed by atoms with Crippen molar-refractivity contribution < 1.29 is 19.2 Å². The molecule has 0 bridgehead atoms. The van der Waals surface area contributed by atoms with E-state index in [0.717, 1.165) is 26.4 Å². The maximum atomic E-state index is 12.5. The van der Waals surface area contributed by atoms with Gasteiger partial charge in [0.15, 0.2) is 11.5 Å². The molecule has 0 aliphatic heterocycles. The minimum atomic E-state index is -0.467. The van der Waals surface area contributed by atoms with Gasteiger partial charge >= 0.3 is 5.69 Å². The summed E-state index contributed by atoms with van der Waals surface area (Å²) in [4.78, 5) is 25.4. The van der Waals surface area contributed by atoms with E-state index >= 15 is 0 Å². The first-order valence-corrected chi connectivity index (χ1v) is 10.4. The SMILES string of the molecule is COc1ccc(/C=C/C(=O)c2cc(C)sc2C)cc1COc1cc(C)ccc1[N+](=O)[O-]. The maximum Gasteiger partial charge on any atom is 0.310 e. The fraction of sp³-hybridized carbons (Fsp3) is 0.208. The third kappa shape index (κ3) is 5.38. The number of benzene rings is 2. The van der Waals surface area contributed by atoms with Crippen molar-refractivity contribution >= 4 is 28.9 Å². The summed E-state index contributed by atoms with van der Waals surface area (Å²) in [5.41, 5.74) is 3.00. The number of nitrogens with zero attached hydrogens (tertiary/aromatic N) is 1. The molecule has 0 saturated heterocycles. The Morgan fingerprint density at radius 2 is 1.87 bits per heavy atom. The Bertz CT molecular complexity index is 1160. The lowest BCUT2D eigenvalue weighted by Gasteiger charge is -2.12. The number of thiophene rings is 1. The highest BCUT2D eigenvalue weighted by molar-refractivity contribution is 7.12. The summed E-state index contributed by atoms with van der Waals surface area (Å²) in [6.07, 6.45) is 3.29. The van der Waals surface area contributed by atoms with E-state index in [1.165, 1.54) is 6.07 Å². The van der Waals surface area contributed by atoms with Crippen LogP contribution in [0, 0.1) is 30.9 Å². The van der Waals surface area contributed by atoms with Crippen molar-refractivity contribution in [2.45, 2.75) is 27.4 Å². The Labute approximate surface area is 184 Å². The molecule has 1 aromatic heterocycles. The lowest BCUT2D eigenvalue weighted by Crippen LogP contribution is -2.02. The first kappa shape index (κ1) is 22.2. The third-order valence-corrected chi connectivity index (χ3v) is 5.70. The number of hydrogen-bond donors (Lipinski definition) is 0. The molecule has 0 unspecified atom stereocenters. The summed E-state index contributed by atoms with van der Waals surface area (Å²) in [7, 11) is 1.55. The van der Waals surface area contributed by atoms with Crippen molar-refractivity contribution in [2.24, 2.45) is 0 Å². The van der Waals surface area contributed by atoms with Gasteiger partial charge in [-0.05, 0) is 62.2 Å². The number of nitro groups is 1. The highest BCUT2D eigenvalue weighted by Gasteiger charge is 2.16. The van der Waals surface area contributed by atoms with Gasteiger partial charge < -0.3 is 9.47 Å². The molecule has 3 aromatic rings. The van der Waals surface area contributed by atoms with Crippen LogP contribution in [0.4, 0.5) is 5.69 Å². The second kappa shape index (κ2) is 9.57. The molecule has 3 rings (SSSR count). The van der Waals surface area contributed by atoms with Gasteiger partial charge in [-0.15, -0.1) is 11.3 Å². The summed E-state index contributed by atoms with van der Waals surface area (Å²) >= 11 is 1.60. The molecular formula is C24H23NO5S. The summed E-state index contributed by atoms with van der Waals surface area (Å²) < 4.78 is 11.2. The molecule has 160 valence electrons. The number of carbonyl (C=O) groups is 1. The number of rotatable bonds is 8. The van der Waals surface area contributed by atoms with Crippen LogP contribution >= 0.6 is 11.3 Å². The van der Waals surface area contributed by atoms with Crippen LogP contribution in [0.5, 0.6) is 11.5 Å². The number of carbonyl (C=O) groups excluding carboxylic acids is 1. The number of ketones is 1. The van der Waals surface area contributed by atoms with E-state index in [9.17, 15) is 14.9 Å². The lowest BCUT2D eigenvalue weighted by atomic mass is 10.1. The Morgan fingerprint density at radius 1 is 1.10 bits per heavy atom. The Balaban J connectivity index is 1.81. The van der Waals surface area contributed by atoms with Crippen molar-refractivity contribution in [1.29, 1.82) is 0 Å².